The van der Waals surface area contributed by atoms with Crippen molar-refractivity contribution < 1.29 is 4.42 Å². The average molecular weight is 881 g/mol. The predicted octanol–water partition coefficient (Wildman–Crippen LogP) is 18.5. The largest absolute Gasteiger partial charge is 0.455 e. The second-order valence-electron chi connectivity index (χ2n) is 17.7. The molecular weight excluding hydrogens is 837 g/mol. The van der Waals surface area contributed by atoms with Crippen molar-refractivity contribution in [3.63, 3.8) is 0 Å². The van der Waals surface area contributed by atoms with Crippen molar-refractivity contribution in [3.05, 3.63) is 267 Å². The number of anilines is 3. The van der Waals surface area contributed by atoms with Crippen LogP contribution in [0, 0.1) is 0 Å². The van der Waals surface area contributed by atoms with Crippen LogP contribution in [0.15, 0.2) is 271 Å². The summed E-state index contributed by atoms with van der Waals surface area (Å²) in [5.41, 5.74) is 20.2. The molecule has 2 aromatic heterocycles. The number of nitrogens with zero attached hydrogens (tertiary/aromatic N) is 2. The van der Waals surface area contributed by atoms with E-state index >= 15 is 0 Å². The van der Waals surface area contributed by atoms with Crippen molar-refractivity contribution >= 4 is 60.8 Å². The van der Waals surface area contributed by atoms with Gasteiger partial charge in [-0.2, -0.15) is 0 Å². The fourth-order valence-electron chi connectivity index (χ4n) is 10.3. The van der Waals surface area contributed by atoms with Gasteiger partial charge in [0.05, 0.1) is 16.7 Å². The Labute approximate surface area is 401 Å². The maximum absolute atomic E-state index is 6.52. The molecule has 0 saturated heterocycles. The lowest BCUT2D eigenvalue weighted by Crippen LogP contribution is -2.10. The van der Waals surface area contributed by atoms with Gasteiger partial charge in [-0.3, -0.25) is 0 Å². The molecule has 0 atom stereocenters. The van der Waals surface area contributed by atoms with Gasteiger partial charge in [0.2, 0.25) is 0 Å². The zero-order valence-corrected chi connectivity index (χ0v) is 37.7. The minimum Gasteiger partial charge on any atom is -0.455 e. The molecule has 0 unspecified atom stereocenters. The van der Waals surface area contributed by atoms with Crippen LogP contribution >= 0.6 is 0 Å². The van der Waals surface area contributed by atoms with Gasteiger partial charge in [0, 0.05) is 49.7 Å². The molecule has 69 heavy (non-hydrogen) atoms. The van der Waals surface area contributed by atoms with Crippen LogP contribution in [0.4, 0.5) is 17.1 Å². The molecule has 13 rings (SSSR count). The summed E-state index contributed by atoms with van der Waals surface area (Å²) >= 11 is 0. The lowest BCUT2D eigenvalue weighted by atomic mass is 9.98. The summed E-state index contributed by atoms with van der Waals surface area (Å²) in [7, 11) is 0. The van der Waals surface area contributed by atoms with Crippen molar-refractivity contribution in [2.24, 2.45) is 0 Å². The summed E-state index contributed by atoms with van der Waals surface area (Å²) in [6.45, 7) is 0. The van der Waals surface area contributed by atoms with Gasteiger partial charge in [0.1, 0.15) is 11.2 Å². The van der Waals surface area contributed by atoms with Crippen LogP contribution in [0.2, 0.25) is 0 Å². The normalized spacial score (nSPS) is 11.5. The number of aromatic nitrogens is 1. The van der Waals surface area contributed by atoms with Crippen LogP contribution < -0.4 is 4.90 Å². The quantitative estimate of drug-likeness (QED) is 0.144. The van der Waals surface area contributed by atoms with Crippen LogP contribution in [0.5, 0.6) is 0 Å². The van der Waals surface area contributed by atoms with E-state index in [0.29, 0.717) is 0 Å². The third-order valence-corrected chi connectivity index (χ3v) is 13.7. The fraction of sp³-hybridized carbons (Fsp3) is 0. The molecule has 0 bridgehead atoms. The third-order valence-electron chi connectivity index (χ3n) is 13.7. The summed E-state index contributed by atoms with van der Waals surface area (Å²) in [5.74, 6) is 0. The van der Waals surface area contributed by atoms with Gasteiger partial charge < -0.3 is 13.9 Å². The Morgan fingerprint density at radius 1 is 0.275 bits per heavy atom. The van der Waals surface area contributed by atoms with Crippen molar-refractivity contribution in [1.82, 2.24) is 4.57 Å². The Balaban J connectivity index is 0.853. The SMILES string of the molecule is c1ccc(-c2ccc(-c3ccc(N(c4ccc(-c5ccc(-c6ccccc6-n6c7ccccc7c7ccccc76)cc5)cc4)c4cccc(-c5cccc6c5oc5ccccc56)c4)cc3)cc2)cc1. The van der Waals surface area contributed by atoms with E-state index in [1.54, 1.807) is 0 Å². The molecule has 0 radical (unpaired) electrons. The number of hydrogen-bond donors (Lipinski definition) is 0. The molecule has 13 aromatic rings. The molecule has 3 heteroatoms. The minimum absolute atomic E-state index is 0.895. The highest BCUT2D eigenvalue weighted by molar-refractivity contribution is 6.11. The maximum atomic E-state index is 6.52. The topological polar surface area (TPSA) is 21.3 Å². The highest BCUT2D eigenvalue weighted by atomic mass is 16.3. The minimum atomic E-state index is 0.895. The number of para-hydroxylation sites is 5. The second kappa shape index (κ2) is 16.9. The van der Waals surface area contributed by atoms with Crippen LogP contribution in [-0.4, -0.2) is 4.57 Å². The van der Waals surface area contributed by atoms with Gasteiger partial charge >= 0.3 is 0 Å². The lowest BCUT2D eigenvalue weighted by molar-refractivity contribution is 0.670. The van der Waals surface area contributed by atoms with Crippen molar-refractivity contribution in [2.45, 2.75) is 0 Å². The average Bonchev–Trinajstić information content (AvgIpc) is 3.98. The smallest absolute Gasteiger partial charge is 0.143 e. The first-order valence-corrected chi connectivity index (χ1v) is 23.6. The number of fused-ring (bicyclic) bond motifs is 6. The highest BCUT2D eigenvalue weighted by Gasteiger charge is 2.18. The summed E-state index contributed by atoms with van der Waals surface area (Å²) in [6.07, 6.45) is 0. The van der Waals surface area contributed by atoms with E-state index in [0.717, 1.165) is 61.3 Å². The molecule has 0 fully saturated rings. The molecule has 0 aliphatic heterocycles. The fourth-order valence-corrected chi connectivity index (χ4v) is 10.3. The van der Waals surface area contributed by atoms with E-state index in [4.69, 9.17) is 4.42 Å². The molecule has 0 aliphatic carbocycles. The zero-order valence-electron chi connectivity index (χ0n) is 37.7. The summed E-state index contributed by atoms with van der Waals surface area (Å²) in [5, 5.41) is 4.76. The molecule has 0 N–H and O–H groups in total. The first-order valence-electron chi connectivity index (χ1n) is 23.6. The first-order chi connectivity index (χ1) is 34.2. The van der Waals surface area contributed by atoms with Crippen molar-refractivity contribution in [2.75, 3.05) is 4.90 Å². The zero-order chi connectivity index (χ0) is 45.7. The summed E-state index contributed by atoms with van der Waals surface area (Å²) in [6, 6.07) is 96.0. The van der Waals surface area contributed by atoms with E-state index < -0.39 is 0 Å². The Bertz CT molecular complexity index is 3920. The number of rotatable bonds is 9. The van der Waals surface area contributed by atoms with Crippen molar-refractivity contribution in [3.8, 4) is 61.3 Å². The van der Waals surface area contributed by atoms with Gasteiger partial charge in [0.25, 0.3) is 0 Å². The molecule has 2 heterocycles. The Morgan fingerprint density at radius 2 is 0.710 bits per heavy atom. The van der Waals surface area contributed by atoms with Gasteiger partial charge in [-0.15, -0.1) is 0 Å². The summed E-state index contributed by atoms with van der Waals surface area (Å²) < 4.78 is 8.93. The first kappa shape index (κ1) is 40.1. The number of furan rings is 1. The molecule has 0 saturated carbocycles. The van der Waals surface area contributed by atoms with Gasteiger partial charge in [-0.25, -0.2) is 0 Å². The predicted molar refractivity (Wildman–Crippen MR) is 290 cm³/mol. The molecule has 3 nitrogen and oxygen atoms in total. The highest BCUT2D eigenvalue weighted by Crippen LogP contribution is 2.42. The van der Waals surface area contributed by atoms with Crippen LogP contribution in [0.25, 0.3) is 105 Å². The van der Waals surface area contributed by atoms with E-state index in [2.05, 4.69) is 264 Å². The standard InChI is InChI=1S/C66H44N2O/c1-2-14-45(15-3-1)46-28-30-47(31-29-46)49-36-40-53(41-37-49)67(55-17-12-16-52(44-55)57-22-13-23-61-60-21-7-11-27-65(60)69-66(57)61)54-42-38-50(39-43-54)48-32-34-51(35-33-48)56-18-4-8-24-62(56)68-63-25-9-5-19-58(63)59-20-6-10-26-64(59)68/h1-44H. The molecule has 324 valence electrons. The maximum Gasteiger partial charge on any atom is 0.143 e. The van der Waals surface area contributed by atoms with Gasteiger partial charge in [0.15, 0.2) is 0 Å². The monoisotopic (exact) mass is 880 g/mol. The van der Waals surface area contributed by atoms with Crippen molar-refractivity contribution in [1.29, 1.82) is 0 Å². The Hall–Kier alpha value is -9.18. The Kier molecular flexibility index (Phi) is 9.84. The number of benzene rings is 11. The lowest BCUT2D eigenvalue weighted by Gasteiger charge is -2.26. The van der Waals surface area contributed by atoms with Gasteiger partial charge in [-0.05, 0) is 105 Å². The van der Waals surface area contributed by atoms with E-state index in [1.165, 1.54) is 60.9 Å². The van der Waals surface area contributed by atoms with E-state index in [-0.39, 0.29) is 0 Å². The molecule has 0 amide bonds. The Morgan fingerprint density at radius 3 is 1.33 bits per heavy atom. The van der Waals surface area contributed by atoms with E-state index in [9.17, 15) is 0 Å². The molecule has 0 aliphatic rings. The second-order valence-corrected chi connectivity index (χ2v) is 17.7. The molecule has 0 spiro atoms. The van der Waals surface area contributed by atoms with Crippen LogP contribution in [0.1, 0.15) is 0 Å². The van der Waals surface area contributed by atoms with E-state index in [1.807, 2.05) is 12.1 Å². The molecule has 11 aromatic carbocycles. The van der Waals surface area contributed by atoms with Crippen LogP contribution in [0.3, 0.4) is 0 Å². The van der Waals surface area contributed by atoms with Gasteiger partial charge in [-0.1, -0.05) is 206 Å². The third kappa shape index (κ3) is 7.16. The molecular formula is C66H44N2O. The van der Waals surface area contributed by atoms with Crippen LogP contribution in [-0.2, 0) is 0 Å². The summed E-state index contributed by atoms with van der Waals surface area (Å²) in [4.78, 5) is 2.35. The number of hydrogen-bond acceptors (Lipinski definition) is 2.